The molecule has 2 aromatic heterocycles. The molecule has 8 aromatic rings. The number of rotatable bonds is 8. The van der Waals surface area contributed by atoms with Gasteiger partial charge < -0.3 is 5.11 Å². The van der Waals surface area contributed by atoms with Gasteiger partial charge >= 0.3 is 0 Å². The number of hydrogen-bond acceptors (Lipinski definition) is 3. The van der Waals surface area contributed by atoms with Crippen LogP contribution in [0.1, 0.15) is 114 Å². The Kier molecular flexibility index (Phi) is 9.58. The summed E-state index contributed by atoms with van der Waals surface area (Å²) in [4.78, 5) is 10.4. The van der Waals surface area contributed by atoms with Gasteiger partial charge in [-0.15, -0.1) is 0 Å². The molecule has 8 rings (SSSR count). The average Bonchev–Trinajstić information content (AvgIpc) is 3.66. The molecule has 0 aliphatic carbocycles. The van der Waals surface area contributed by atoms with Crippen molar-refractivity contribution in [2.24, 2.45) is 0 Å². The Hall–Kier alpha value is -6.26. The van der Waals surface area contributed by atoms with Crippen LogP contribution < -0.4 is 0 Å². The summed E-state index contributed by atoms with van der Waals surface area (Å²) in [6.45, 7) is 23.5. The highest BCUT2D eigenvalue weighted by Crippen LogP contribution is 2.45. The standard InChI is InChI=1S/C57H59N3O/c1-35(2)41-31-47(36(3)4)54(61)49(32-41)55-59-53-46(18-15-19-52(53)60(55)51-25-24-44(56(6,7)8)34-48(51)39-16-13-12-14-17-39)42-28-43(30-45(29-42)57(9,10)11)50-33-40(26-27-58-50)38-22-20-37(5)21-23-38/h12-36,61H,1-11H3/i20D,21D,22D,23D. The highest BCUT2D eigenvalue weighted by atomic mass is 16.3. The second-order valence-corrected chi connectivity index (χ2v) is 19.1. The first-order chi connectivity index (χ1) is 30.6. The van der Waals surface area contributed by atoms with Gasteiger partial charge in [-0.05, 0) is 123 Å². The lowest BCUT2D eigenvalue weighted by atomic mass is 9.83. The van der Waals surface area contributed by atoms with Crippen molar-refractivity contribution in [3.05, 3.63) is 167 Å². The number of aromatic hydroxyl groups is 1. The van der Waals surface area contributed by atoms with Crippen LogP contribution in [-0.4, -0.2) is 19.6 Å². The Labute approximate surface area is 368 Å². The zero-order valence-electron chi connectivity index (χ0n) is 41.4. The molecule has 0 amide bonds. The van der Waals surface area contributed by atoms with E-state index >= 15 is 0 Å². The second-order valence-electron chi connectivity index (χ2n) is 19.1. The molecule has 0 fully saturated rings. The largest absolute Gasteiger partial charge is 0.507 e. The van der Waals surface area contributed by atoms with E-state index in [1.165, 1.54) is 5.56 Å². The fraction of sp³-hybridized carbons (Fsp3) is 0.263. The minimum Gasteiger partial charge on any atom is -0.507 e. The van der Waals surface area contributed by atoms with Gasteiger partial charge in [-0.3, -0.25) is 9.55 Å². The van der Waals surface area contributed by atoms with Crippen molar-refractivity contribution in [2.45, 2.75) is 98.8 Å². The maximum absolute atomic E-state index is 12.3. The molecule has 2 heterocycles. The second kappa shape index (κ2) is 16.0. The van der Waals surface area contributed by atoms with Gasteiger partial charge in [0.15, 0.2) is 0 Å². The van der Waals surface area contributed by atoms with E-state index in [-0.39, 0.29) is 58.1 Å². The maximum Gasteiger partial charge on any atom is 0.149 e. The van der Waals surface area contributed by atoms with Gasteiger partial charge in [0.05, 0.1) is 33.5 Å². The summed E-state index contributed by atoms with van der Waals surface area (Å²) in [5.74, 6) is 1.17. The van der Waals surface area contributed by atoms with Crippen LogP contribution in [0.4, 0.5) is 0 Å². The molecule has 0 bridgehead atoms. The molecular weight excluding hydrogens is 743 g/mol. The Morgan fingerprint density at radius 2 is 1.30 bits per heavy atom. The van der Waals surface area contributed by atoms with Crippen molar-refractivity contribution in [3.63, 3.8) is 0 Å². The Balaban J connectivity index is 1.44. The quantitative estimate of drug-likeness (QED) is 0.166. The summed E-state index contributed by atoms with van der Waals surface area (Å²) in [6.07, 6.45) is 1.67. The lowest BCUT2D eigenvalue weighted by molar-refractivity contribution is 0.466. The minimum absolute atomic E-state index is 0.0472. The Bertz CT molecular complexity index is 3100. The molecule has 0 saturated heterocycles. The molecule has 0 aliphatic heterocycles. The molecule has 1 N–H and O–H groups in total. The van der Waals surface area contributed by atoms with Crippen molar-refractivity contribution in [2.75, 3.05) is 0 Å². The van der Waals surface area contributed by atoms with E-state index in [1.54, 1.807) is 19.2 Å². The smallest absolute Gasteiger partial charge is 0.149 e. The van der Waals surface area contributed by atoms with E-state index in [9.17, 15) is 5.11 Å². The normalized spacial score (nSPS) is 13.1. The molecule has 4 heteroatoms. The summed E-state index contributed by atoms with van der Waals surface area (Å²) in [6, 6.07) is 37.6. The number of imidazole rings is 1. The molecule has 0 saturated carbocycles. The van der Waals surface area contributed by atoms with E-state index < -0.39 is 0 Å². The third kappa shape index (κ3) is 8.16. The summed E-state index contributed by atoms with van der Waals surface area (Å²) in [5.41, 5.74) is 13.9. The monoisotopic (exact) mass is 805 g/mol. The van der Waals surface area contributed by atoms with Gasteiger partial charge in [0.2, 0.25) is 0 Å². The van der Waals surface area contributed by atoms with Gasteiger partial charge in [-0.1, -0.05) is 160 Å². The molecule has 0 spiro atoms. The van der Waals surface area contributed by atoms with E-state index in [0.717, 1.165) is 61.2 Å². The van der Waals surface area contributed by atoms with Gasteiger partial charge in [-0.2, -0.15) is 0 Å². The molecule has 0 radical (unpaired) electrons. The van der Waals surface area contributed by atoms with Gasteiger partial charge in [0, 0.05) is 22.9 Å². The molecule has 4 nitrogen and oxygen atoms in total. The van der Waals surface area contributed by atoms with E-state index in [4.69, 9.17) is 15.5 Å². The zero-order valence-corrected chi connectivity index (χ0v) is 37.4. The Morgan fingerprint density at radius 1 is 0.590 bits per heavy atom. The summed E-state index contributed by atoms with van der Waals surface area (Å²) < 4.78 is 36.9. The van der Waals surface area contributed by atoms with Gasteiger partial charge in [0.1, 0.15) is 11.6 Å². The molecule has 61 heavy (non-hydrogen) atoms. The fourth-order valence-electron chi connectivity index (χ4n) is 8.05. The molecule has 6 aromatic carbocycles. The number of benzene rings is 6. The van der Waals surface area contributed by atoms with E-state index in [0.29, 0.717) is 28.2 Å². The predicted molar refractivity (Wildman–Crippen MR) is 258 cm³/mol. The average molecular weight is 806 g/mol. The number of pyridine rings is 1. The van der Waals surface area contributed by atoms with Crippen molar-refractivity contribution in [1.29, 1.82) is 0 Å². The molecule has 308 valence electrons. The van der Waals surface area contributed by atoms with Crippen molar-refractivity contribution < 1.29 is 10.6 Å². The number of nitrogens with zero attached hydrogens (tertiary/aromatic N) is 3. The lowest BCUT2D eigenvalue weighted by Crippen LogP contribution is -2.12. The van der Waals surface area contributed by atoms with Crippen molar-refractivity contribution in [3.8, 4) is 67.5 Å². The van der Waals surface area contributed by atoms with Crippen LogP contribution in [0, 0.1) is 6.92 Å². The molecular formula is C57H59N3O. The number of phenols is 1. The minimum atomic E-state index is -0.254. The van der Waals surface area contributed by atoms with Crippen LogP contribution >= 0.6 is 0 Å². The molecule has 0 aliphatic rings. The molecule has 0 atom stereocenters. The van der Waals surface area contributed by atoms with Gasteiger partial charge in [-0.25, -0.2) is 4.98 Å². The number of fused-ring (bicyclic) bond motifs is 1. The fourth-order valence-corrected chi connectivity index (χ4v) is 8.05. The highest BCUT2D eigenvalue weighted by Gasteiger charge is 2.27. The number of para-hydroxylation sites is 1. The van der Waals surface area contributed by atoms with Crippen molar-refractivity contribution >= 4 is 11.0 Å². The summed E-state index contributed by atoms with van der Waals surface area (Å²) in [7, 11) is 0. The third-order valence-electron chi connectivity index (χ3n) is 11.8. The van der Waals surface area contributed by atoms with Crippen LogP contribution in [-0.2, 0) is 10.8 Å². The van der Waals surface area contributed by atoms with Crippen LogP contribution in [0.5, 0.6) is 5.75 Å². The lowest BCUT2D eigenvalue weighted by Gasteiger charge is -2.23. The zero-order chi connectivity index (χ0) is 46.9. The van der Waals surface area contributed by atoms with Crippen molar-refractivity contribution in [1.82, 2.24) is 14.5 Å². The molecule has 0 unspecified atom stereocenters. The van der Waals surface area contributed by atoms with E-state index in [2.05, 4.69) is 165 Å². The summed E-state index contributed by atoms with van der Waals surface area (Å²) in [5, 5.41) is 12.3. The number of aromatic nitrogens is 3. The van der Waals surface area contributed by atoms with E-state index in [1.807, 2.05) is 12.1 Å². The Morgan fingerprint density at radius 3 is 1.97 bits per heavy atom. The third-order valence-corrected chi connectivity index (χ3v) is 11.8. The number of hydrogen-bond donors (Lipinski definition) is 1. The summed E-state index contributed by atoms with van der Waals surface area (Å²) >= 11 is 0. The first-order valence-electron chi connectivity index (χ1n) is 23.4. The SMILES string of the molecule is [2H]c1c([2H])c(-c2ccnc(-c3cc(-c4cccc5c4nc(-c4cc(C(C)C)cc(C(C)C)c4O)n5-c4ccc(C(C)(C)C)cc4-c4ccccc4)cc(C(C)(C)C)c3)c2)c([2H])c([2H])c1C. The highest BCUT2D eigenvalue weighted by molar-refractivity contribution is 5.98. The first kappa shape index (κ1) is 36.6. The number of phenolic OH excluding ortho intramolecular Hbond substituents is 1. The van der Waals surface area contributed by atoms with Crippen LogP contribution in [0.15, 0.2) is 140 Å². The van der Waals surface area contributed by atoms with Crippen LogP contribution in [0.25, 0.3) is 72.7 Å². The maximum atomic E-state index is 12.3. The predicted octanol–water partition coefficient (Wildman–Crippen LogP) is 15.6. The van der Waals surface area contributed by atoms with Gasteiger partial charge in [0.25, 0.3) is 0 Å². The van der Waals surface area contributed by atoms with Crippen LogP contribution in [0.3, 0.4) is 0 Å². The van der Waals surface area contributed by atoms with Crippen LogP contribution in [0.2, 0.25) is 0 Å². The topological polar surface area (TPSA) is 50.9 Å². The first-order valence-corrected chi connectivity index (χ1v) is 21.4.